The van der Waals surface area contributed by atoms with Crippen LogP contribution in [0.25, 0.3) is 21.9 Å². The van der Waals surface area contributed by atoms with Gasteiger partial charge < -0.3 is 4.98 Å². The van der Waals surface area contributed by atoms with E-state index in [0.717, 1.165) is 34.0 Å². The number of rotatable bonds is 2. The number of aromatic nitrogens is 1. The predicted molar refractivity (Wildman–Crippen MR) is 79.4 cm³/mol. The summed E-state index contributed by atoms with van der Waals surface area (Å²) in [7, 11) is 0. The van der Waals surface area contributed by atoms with Crippen molar-refractivity contribution in [3.63, 3.8) is 0 Å². The summed E-state index contributed by atoms with van der Waals surface area (Å²) in [5, 5.41) is 1.75. The molecule has 0 atom stereocenters. The van der Waals surface area contributed by atoms with Gasteiger partial charge in [-0.25, -0.2) is 0 Å². The largest absolute Gasteiger partial charge is 0.326 e. The van der Waals surface area contributed by atoms with Crippen LogP contribution in [-0.4, -0.2) is 4.98 Å². The monoisotopic (exact) mass is 249 g/mol. The molecular formula is C17H15NO. The molecule has 94 valence electrons. The number of fused-ring (bicyclic) bond motifs is 1. The summed E-state index contributed by atoms with van der Waals surface area (Å²) in [5.41, 5.74) is 3.17. The minimum Gasteiger partial charge on any atom is -0.326 e. The van der Waals surface area contributed by atoms with Gasteiger partial charge in [0.25, 0.3) is 5.56 Å². The minimum atomic E-state index is -0.00729. The molecule has 0 aliphatic carbocycles. The van der Waals surface area contributed by atoms with Gasteiger partial charge in [0.2, 0.25) is 0 Å². The van der Waals surface area contributed by atoms with Crippen molar-refractivity contribution >= 4 is 10.8 Å². The number of nitrogens with one attached hydrogen (secondary N) is 1. The Bertz CT molecular complexity index is 772. The molecule has 2 heteroatoms. The highest BCUT2D eigenvalue weighted by Crippen LogP contribution is 2.22. The number of H-pyrrole nitrogens is 1. The second-order valence-electron chi connectivity index (χ2n) is 4.65. The van der Waals surface area contributed by atoms with Gasteiger partial charge in [-0.05, 0) is 35.1 Å². The molecule has 0 aliphatic rings. The molecule has 0 radical (unpaired) electrons. The lowest BCUT2D eigenvalue weighted by Gasteiger charge is -2.05. The fourth-order valence-corrected chi connectivity index (χ4v) is 2.32. The molecule has 0 saturated heterocycles. The second-order valence-corrected chi connectivity index (χ2v) is 4.65. The van der Waals surface area contributed by atoms with Crippen LogP contribution in [0.15, 0.2) is 59.4 Å². The van der Waals surface area contributed by atoms with Gasteiger partial charge in [-0.15, -0.1) is 0 Å². The van der Waals surface area contributed by atoms with Crippen LogP contribution in [0.5, 0.6) is 0 Å². The Morgan fingerprint density at radius 3 is 2.47 bits per heavy atom. The van der Waals surface area contributed by atoms with E-state index in [0.29, 0.717) is 0 Å². The molecule has 3 aromatic rings. The standard InChI is InChI=1S/C17H15NO/c1-2-15-10-14-9-8-13(11-16(14)17(19)18-15)12-6-4-3-5-7-12/h3-11H,2H2,1H3,(H,18,19). The number of aromatic amines is 1. The van der Waals surface area contributed by atoms with Crippen LogP contribution in [0.4, 0.5) is 0 Å². The van der Waals surface area contributed by atoms with Gasteiger partial charge in [0.05, 0.1) is 0 Å². The van der Waals surface area contributed by atoms with Crippen molar-refractivity contribution in [3.05, 3.63) is 70.6 Å². The van der Waals surface area contributed by atoms with Crippen LogP contribution < -0.4 is 5.56 Å². The Kier molecular flexibility index (Phi) is 2.92. The molecule has 0 saturated carbocycles. The Labute approximate surface area is 111 Å². The van der Waals surface area contributed by atoms with E-state index in [4.69, 9.17) is 0 Å². The molecule has 2 nitrogen and oxygen atoms in total. The number of aryl methyl sites for hydroxylation is 1. The summed E-state index contributed by atoms with van der Waals surface area (Å²) >= 11 is 0. The molecule has 0 spiro atoms. The van der Waals surface area contributed by atoms with Crippen molar-refractivity contribution in [3.8, 4) is 11.1 Å². The summed E-state index contributed by atoms with van der Waals surface area (Å²) in [4.78, 5) is 15.0. The highest BCUT2D eigenvalue weighted by molar-refractivity contribution is 5.86. The van der Waals surface area contributed by atoms with Crippen LogP contribution in [0.3, 0.4) is 0 Å². The van der Waals surface area contributed by atoms with Crippen molar-refractivity contribution in [2.75, 3.05) is 0 Å². The van der Waals surface area contributed by atoms with Crippen LogP contribution in [0.2, 0.25) is 0 Å². The smallest absolute Gasteiger partial charge is 0.256 e. The maximum absolute atomic E-state index is 12.1. The van der Waals surface area contributed by atoms with Gasteiger partial charge in [0.1, 0.15) is 0 Å². The molecule has 0 bridgehead atoms. The molecule has 1 N–H and O–H groups in total. The lowest BCUT2D eigenvalue weighted by Crippen LogP contribution is -2.08. The van der Waals surface area contributed by atoms with Gasteiger partial charge in [-0.2, -0.15) is 0 Å². The third-order valence-corrected chi connectivity index (χ3v) is 3.39. The zero-order valence-corrected chi connectivity index (χ0v) is 10.8. The van der Waals surface area contributed by atoms with Gasteiger partial charge in [-0.3, -0.25) is 4.79 Å². The third-order valence-electron chi connectivity index (χ3n) is 3.39. The summed E-state index contributed by atoms with van der Waals surface area (Å²) in [5.74, 6) is 0. The van der Waals surface area contributed by atoms with E-state index < -0.39 is 0 Å². The van der Waals surface area contributed by atoms with Gasteiger partial charge in [-0.1, -0.05) is 49.4 Å². The summed E-state index contributed by atoms with van der Waals surface area (Å²) in [6.07, 6.45) is 0.839. The van der Waals surface area contributed by atoms with E-state index in [1.54, 1.807) is 0 Å². The van der Waals surface area contributed by atoms with Crippen LogP contribution >= 0.6 is 0 Å². The highest BCUT2D eigenvalue weighted by atomic mass is 16.1. The Morgan fingerprint density at radius 2 is 1.74 bits per heavy atom. The van der Waals surface area contributed by atoms with Crippen LogP contribution in [0, 0.1) is 0 Å². The molecule has 0 amide bonds. The zero-order chi connectivity index (χ0) is 13.2. The van der Waals surface area contributed by atoms with Crippen molar-refractivity contribution in [1.29, 1.82) is 0 Å². The Hall–Kier alpha value is -2.35. The molecule has 0 unspecified atom stereocenters. The normalized spacial score (nSPS) is 10.8. The van der Waals surface area contributed by atoms with Gasteiger partial charge in [0.15, 0.2) is 0 Å². The number of hydrogen-bond donors (Lipinski definition) is 1. The molecule has 1 heterocycles. The highest BCUT2D eigenvalue weighted by Gasteiger charge is 2.03. The topological polar surface area (TPSA) is 32.9 Å². The Balaban J connectivity index is 2.22. The van der Waals surface area contributed by atoms with Crippen molar-refractivity contribution in [2.24, 2.45) is 0 Å². The average molecular weight is 249 g/mol. The van der Waals surface area contributed by atoms with E-state index in [2.05, 4.69) is 23.2 Å². The maximum Gasteiger partial charge on any atom is 0.256 e. The summed E-state index contributed by atoms with van der Waals surface area (Å²) < 4.78 is 0. The minimum absolute atomic E-state index is 0.00729. The first kappa shape index (κ1) is 11.7. The molecule has 19 heavy (non-hydrogen) atoms. The second kappa shape index (κ2) is 4.73. The van der Waals surface area contributed by atoms with Crippen molar-refractivity contribution in [1.82, 2.24) is 4.98 Å². The fourth-order valence-electron chi connectivity index (χ4n) is 2.32. The van der Waals surface area contributed by atoms with Gasteiger partial charge >= 0.3 is 0 Å². The van der Waals surface area contributed by atoms with Crippen molar-refractivity contribution < 1.29 is 0 Å². The number of hydrogen-bond acceptors (Lipinski definition) is 1. The van der Waals surface area contributed by atoms with E-state index in [9.17, 15) is 4.79 Å². The van der Waals surface area contributed by atoms with Crippen molar-refractivity contribution in [2.45, 2.75) is 13.3 Å². The molecule has 3 rings (SSSR count). The molecular weight excluding hydrogens is 234 g/mol. The quantitative estimate of drug-likeness (QED) is 0.737. The van der Waals surface area contributed by atoms with Crippen LogP contribution in [-0.2, 0) is 6.42 Å². The maximum atomic E-state index is 12.1. The van der Waals surface area contributed by atoms with E-state index in [1.165, 1.54) is 0 Å². The average Bonchev–Trinajstić information content (AvgIpc) is 2.47. The molecule has 0 fully saturated rings. The zero-order valence-electron chi connectivity index (χ0n) is 10.8. The first-order valence-corrected chi connectivity index (χ1v) is 6.49. The van der Waals surface area contributed by atoms with Crippen LogP contribution in [0.1, 0.15) is 12.6 Å². The molecule has 1 aromatic heterocycles. The molecule has 0 aliphatic heterocycles. The first-order chi connectivity index (χ1) is 9.28. The SMILES string of the molecule is CCc1cc2ccc(-c3ccccc3)cc2c(=O)[nH]1. The Morgan fingerprint density at radius 1 is 0.947 bits per heavy atom. The summed E-state index contributed by atoms with van der Waals surface area (Å²) in [6.45, 7) is 2.04. The van der Waals surface area contributed by atoms with Gasteiger partial charge in [0, 0.05) is 11.1 Å². The van der Waals surface area contributed by atoms with E-state index in [-0.39, 0.29) is 5.56 Å². The number of benzene rings is 2. The third kappa shape index (κ3) is 2.17. The first-order valence-electron chi connectivity index (χ1n) is 6.49. The lowest BCUT2D eigenvalue weighted by atomic mass is 10.0. The van der Waals surface area contributed by atoms with E-state index in [1.807, 2.05) is 43.3 Å². The lowest BCUT2D eigenvalue weighted by molar-refractivity contribution is 1.02. The predicted octanol–water partition coefficient (Wildman–Crippen LogP) is 3.76. The number of pyridine rings is 1. The molecule has 2 aromatic carbocycles. The van der Waals surface area contributed by atoms with E-state index >= 15 is 0 Å². The fraction of sp³-hybridized carbons (Fsp3) is 0.118. The summed E-state index contributed by atoms with van der Waals surface area (Å²) in [6, 6.07) is 18.2.